The zero-order chi connectivity index (χ0) is 95.9. The number of hydrogen-bond donors (Lipinski definition) is 26. The van der Waals surface area contributed by atoms with Crippen LogP contribution in [0.25, 0.3) is 10.9 Å². The molecule has 3 amide bonds. The van der Waals surface area contributed by atoms with E-state index in [-0.39, 0.29) is 57.9 Å². The highest BCUT2D eigenvalue weighted by Crippen LogP contribution is 2.68. The molecule has 726 valence electrons. The van der Waals surface area contributed by atoms with Crippen LogP contribution in [0.1, 0.15) is 85.7 Å². The van der Waals surface area contributed by atoms with Crippen LogP contribution in [0, 0.1) is 11.3 Å². The van der Waals surface area contributed by atoms with Gasteiger partial charge in [-0.1, -0.05) is 113 Å². The lowest BCUT2D eigenvalue weighted by Crippen LogP contribution is -2.81. The van der Waals surface area contributed by atoms with Crippen molar-refractivity contribution in [3.05, 3.63) is 83.0 Å². The van der Waals surface area contributed by atoms with E-state index in [0.29, 0.717) is 101 Å². The number of esters is 1. The number of methoxy groups -OCH3 is 2. The second kappa shape index (κ2) is 53.9. The van der Waals surface area contributed by atoms with E-state index in [1.54, 1.807) is 28.1 Å². The number of rotatable bonds is 31. The summed E-state index contributed by atoms with van der Waals surface area (Å²) in [4.78, 5) is 65.9. The number of hydrogen-bond acceptors (Lipinski definition) is 34. The molecule has 4 unspecified atom stereocenters. The maximum atomic E-state index is 15.2. The summed E-state index contributed by atoms with van der Waals surface area (Å²) in [6, 6.07) is 11.0. The van der Waals surface area contributed by atoms with E-state index in [0.717, 1.165) is 72.7 Å². The minimum atomic E-state index is -4.67. The minimum Gasteiger partial charge on any atom is -0.496 e. The van der Waals surface area contributed by atoms with Crippen molar-refractivity contribution in [3.8, 4) is 5.75 Å². The SMILES string of the molecule is C1CNCCN1.CCOC(N)=O.CC[C@]1(O)C[C@H]2C[N@](CCc3c([nH]c4ccccc34)[C@@](C(=O)OC)(c3cc4c(cc3OC)N(C)[C@H]3[C@@](O)(C(N)=O)[C@H](O)[C@]5(CC)C=CCN6CC[C@]43[C@@H]65)C2)C1.CN(C)/N=N/c1[nH]cnc1C(N)=O.O=S(=O)(O)O.OC(CBr)C(O)C(O)C(O)CBr.O[C@@H]([C@H](O)[C@H](O)CBr)[C@H](O)CBr.O[C@@H]([C@H](O)[C@H](O)CNCCCl)[C@H](O)CNCCCl. The molecule has 49 heteroatoms. The molecule has 11 rings (SSSR count). The molecule has 8 heterocycles. The summed E-state index contributed by atoms with van der Waals surface area (Å²) in [5.41, 5.74) is 14.4. The van der Waals surface area contributed by atoms with Gasteiger partial charge in [0.05, 0.1) is 75.4 Å². The number of anilines is 1. The van der Waals surface area contributed by atoms with Gasteiger partial charge in [-0.15, -0.1) is 28.3 Å². The number of halogens is 6. The summed E-state index contributed by atoms with van der Waals surface area (Å²) >= 11 is 22.6. The lowest BCUT2D eigenvalue weighted by atomic mass is 9.47. The number of aromatic nitrogens is 3. The Hall–Kier alpha value is -4.86. The summed E-state index contributed by atoms with van der Waals surface area (Å²) in [6.07, 6.45) is -8.45. The zero-order valence-electron chi connectivity index (χ0n) is 72.1. The predicted octanol–water partition coefficient (Wildman–Crippen LogP) is -2.04. The van der Waals surface area contributed by atoms with Crippen LogP contribution in [0.5, 0.6) is 5.75 Å². The van der Waals surface area contributed by atoms with E-state index >= 15 is 4.79 Å². The Kier molecular flexibility index (Phi) is 48.6. The number of H-pyrrole nitrogens is 2. The first-order valence-corrected chi connectivity index (χ1v) is 47.9. The lowest BCUT2D eigenvalue weighted by Gasteiger charge is -2.63. The number of aliphatic hydroxyl groups is 15. The number of nitrogens with one attached hydrogen (secondary N) is 6. The number of benzene rings is 2. The molecule has 29 N–H and O–H groups in total. The molecule has 1 aliphatic carbocycles. The van der Waals surface area contributed by atoms with E-state index in [9.17, 15) is 70.6 Å². The zero-order valence-corrected chi connectivity index (χ0v) is 80.8. The van der Waals surface area contributed by atoms with E-state index in [1.165, 1.54) is 18.4 Å². The molecule has 1 spiro atoms. The Bertz CT molecular complexity index is 4110. The molecule has 2 aromatic carbocycles. The highest BCUT2D eigenvalue weighted by molar-refractivity contribution is 9.09. The van der Waals surface area contributed by atoms with Gasteiger partial charge in [0, 0.05) is 184 Å². The van der Waals surface area contributed by atoms with Gasteiger partial charge in [-0.3, -0.25) is 38.3 Å². The van der Waals surface area contributed by atoms with Crippen LogP contribution in [0.3, 0.4) is 0 Å². The van der Waals surface area contributed by atoms with Gasteiger partial charge in [-0.25, -0.2) is 9.78 Å². The van der Waals surface area contributed by atoms with E-state index < -0.39 is 147 Å². The predicted molar refractivity (Wildman–Crippen MR) is 489 cm³/mol. The Morgan fingerprint density at radius 3 is 1.67 bits per heavy atom. The molecule has 1 saturated carbocycles. The number of aliphatic hydroxyl groups excluding tert-OH is 13. The summed E-state index contributed by atoms with van der Waals surface area (Å²) in [5, 5.41) is 171. The molecule has 6 aliphatic heterocycles. The van der Waals surface area contributed by atoms with E-state index in [2.05, 4.69) is 143 Å². The number of aromatic amines is 2. The van der Waals surface area contributed by atoms with Crippen molar-refractivity contribution in [1.29, 1.82) is 0 Å². The number of nitrogens with zero attached hydrogens (tertiary/aromatic N) is 7. The number of piperazine rings is 1. The summed E-state index contributed by atoms with van der Waals surface area (Å²) in [7, 11) is 3.65. The molecule has 22 atom stereocenters. The van der Waals surface area contributed by atoms with Gasteiger partial charge in [0.1, 0.15) is 53.9 Å². The van der Waals surface area contributed by atoms with Crippen LogP contribution in [0.15, 0.2) is 65.2 Å². The average molecular weight is 2130 g/mol. The van der Waals surface area contributed by atoms with Crippen molar-refractivity contribution in [2.45, 2.75) is 173 Å². The Morgan fingerprint density at radius 1 is 0.732 bits per heavy atom. The van der Waals surface area contributed by atoms with Crippen LogP contribution in [0.4, 0.5) is 16.3 Å². The molecular weight excluding hydrogens is 2000 g/mol. The maximum Gasteiger partial charge on any atom is 0.404 e. The fraction of sp³-hybridized carbons (Fsp3) is 0.705. The van der Waals surface area contributed by atoms with Crippen molar-refractivity contribution in [3.63, 3.8) is 0 Å². The molecule has 4 fully saturated rings. The van der Waals surface area contributed by atoms with Crippen LogP contribution < -0.4 is 48.1 Å². The van der Waals surface area contributed by atoms with Crippen LogP contribution >= 0.6 is 86.9 Å². The molecule has 4 aromatic rings. The van der Waals surface area contributed by atoms with Crippen molar-refractivity contribution in [2.24, 2.45) is 38.9 Å². The van der Waals surface area contributed by atoms with Crippen LogP contribution in [0.2, 0.25) is 0 Å². The summed E-state index contributed by atoms with van der Waals surface area (Å²) in [5.74, 6) is -0.596. The van der Waals surface area contributed by atoms with Crippen molar-refractivity contribution >= 4 is 144 Å². The first kappa shape index (κ1) is 114. The fourth-order valence-corrected chi connectivity index (χ4v) is 18.9. The first-order valence-electron chi connectivity index (χ1n) is 40.9. The number of carbonyl (C=O) groups excluding carboxylic acids is 4. The number of imidazole rings is 1. The molecule has 2 aromatic heterocycles. The number of likely N-dealkylation sites (N-methyl/N-ethyl adjacent to an activating group) is 1. The molecule has 127 heavy (non-hydrogen) atoms. The maximum absolute atomic E-state index is 15.2. The summed E-state index contributed by atoms with van der Waals surface area (Å²) in [6.45, 7) is 15.2. The molecule has 0 radical (unpaired) electrons. The number of alkyl halides is 6. The van der Waals surface area contributed by atoms with Gasteiger partial charge in [0.2, 0.25) is 0 Å². The van der Waals surface area contributed by atoms with Gasteiger partial charge in [0.25, 0.3) is 11.8 Å². The number of nitrogens with two attached hydrogens (primary N) is 3. The summed E-state index contributed by atoms with van der Waals surface area (Å²) < 4.78 is 48.0. The van der Waals surface area contributed by atoms with Crippen LogP contribution in [-0.4, -0.2) is 411 Å². The fourth-order valence-electron chi connectivity index (χ4n) is 17.1. The van der Waals surface area contributed by atoms with Crippen molar-refractivity contribution < 1.29 is 128 Å². The highest BCUT2D eigenvalue weighted by atomic mass is 79.9. The Balaban J connectivity index is 0.000000380. The smallest absolute Gasteiger partial charge is 0.404 e. The first-order chi connectivity index (χ1) is 59.8. The van der Waals surface area contributed by atoms with Gasteiger partial charge in [-0.05, 0) is 81.2 Å². The topological polar surface area (TPSA) is 682 Å². The molecule has 2 bridgehead atoms. The number of primary amides is 3. The minimum absolute atomic E-state index is 0.0790. The molecule has 3 saturated heterocycles. The van der Waals surface area contributed by atoms with Gasteiger partial charge in [-0.2, -0.15) is 8.42 Å². The molecule has 42 nitrogen and oxygen atoms in total. The second-order valence-corrected chi connectivity index (χ2v) is 35.7. The Morgan fingerprint density at radius 2 is 1.24 bits per heavy atom. The van der Waals surface area contributed by atoms with Gasteiger partial charge in [0.15, 0.2) is 17.1 Å². The third kappa shape index (κ3) is 29.6. The van der Waals surface area contributed by atoms with Crippen molar-refractivity contribution in [1.82, 2.24) is 51.0 Å². The van der Waals surface area contributed by atoms with E-state index in [4.69, 9.17) is 82.1 Å². The quantitative estimate of drug-likeness (QED) is 0.00491. The lowest BCUT2D eigenvalue weighted by molar-refractivity contribution is -0.201. The standard InChI is InChI=1S/C43H55N5O7.C10H22Cl2N2O4.2C6H12Br2O4.C6H10N6O.C4H10N2.C3H7NO2.H2O4S/c1-6-39(52)21-25-22-42(38(51)55-5,33-27(13-17-47(23-25)24-39)26-11-8-9-12-30(26)45-33)29-19-28-31(20-32(29)54-4)46(3)35-41(28)15-18-48-16-10-14-40(7-2,34(41)48)36(49)43(35,53)37(44)50;11-1-3-13-5-7(15)9(17)10(18)8(16)6-14-4-2-12;2*7-1-3(9)5(11)6(12)4(10)2-8;1-12(2)11-10-6-4(5(7)13)8-3-9-6;1-2-6-4-3-5-1;1-2-6-3(4)5;1-5(2,3)4/h8-12,14,19-20,25,34-36,45,49,52-53H,6-7,13,15-18,21-24H2,1-5H3,(H2,44,50);7-10,13-18H,1-6H2;2*3-6,9-12H,1-2H2;3H,1-2H3,(H2,7,13)(H,8,9);5-6H,1-4H2;2H2,1H3,(H2,4,5);(H2,1,2,3,4)/b;;;;11-10+;;;/t25-,34+,35-,36-,39+,40-,41-,42+,43+;7-,8-,9-,10-;3-,4-,5-,6-;;;;;/m111...../s1. The normalized spacial score (nSPS) is 26.6. The number of carbonyl (C=O) groups is 4. The molecule has 7 aliphatic rings. The number of fused-ring (bicyclic) bond motifs is 6. The number of ether oxygens (including phenoxy) is 3. The average Bonchev–Trinajstić information content (AvgIpc) is 1.48. The highest BCUT2D eigenvalue weighted by Gasteiger charge is 2.78. The third-order valence-corrected chi connectivity index (χ3v) is 26.0. The molecular formula is C78H130Br4Cl2N16O26S. The van der Waals surface area contributed by atoms with Gasteiger partial charge < -0.3 is 144 Å². The Labute approximate surface area is 782 Å². The number of para-hydroxylation sites is 1. The van der Waals surface area contributed by atoms with Crippen LogP contribution in [-0.2, 0) is 46.7 Å². The number of amides is 3. The van der Waals surface area contributed by atoms with Gasteiger partial charge >= 0.3 is 22.5 Å². The largest absolute Gasteiger partial charge is 0.496 e. The van der Waals surface area contributed by atoms with Crippen molar-refractivity contribution in [2.75, 3.05) is 165 Å². The number of piperidine rings is 1. The van der Waals surface area contributed by atoms with E-state index in [1.807, 2.05) is 62.2 Å². The monoisotopic (exact) mass is 2120 g/mol. The second-order valence-electron chi connectivity index (χ2n) is 31.4. The third-order valence-electron chi connectivity index (χ3n) is 23.0.